The third-order valence-corrected chi connectivity index (χ3v) is 11.5. The molecule has 0 amide bonds. The van der Waals surface area contributed by atoms with Crippen LogP contribution in [0.25, 0.3) is 21.5 Å². The van der Waals surface area contributed by atoms with E-state index < -0.39 is 10.9 Å². The van der Waals surface area contributed by atoms with Crippen molar-refractivity contribution < 1.29 is 22.6 Å². The second-order valence-electron chi connectivity index (χ2n) is 11.7. The van der Waals surface area contributed by atoms with Crippen LogP contribution in [-0.2, 0) is 4.75 Å². The minimum atomic E-state index is -4.24. The van der Waals surface area contributed by atoms with E-state index >= 15 is 0 Å². The van der Waals surface area contributed by atoms with Gasteiger partial charge in [0.2, 0.25) is 0 Å². The molecule has 7 heteroatoms. The molecule has 0 saturated carbocycles. The lowest BCUT2D eigenvalue weighted by Crippen LogP contribution is -2.37. The fourth-order valence-corrected chi connectivity index (χ4v) is 8.54. The molecule has 0 bridgehead atoms. The molecule has 2 nitrogen and oxygen atoms in total. The predicted molar refractivity (Wildman–Crippen MR) is 183 cm³/mol. The molecule has 236 valence electrons. The van der Waals surface area contributed by atoms with Crippen molar-refractivity contribution in [2.24, 2.45) is 0 Å². The molecule has 2 atom stereocenters. The Morgan fingerprint density at radius 3 is 1.89 bits per heavy atom. The van der Waals surface area contributed by atoms with Gasteiger partial charge in [0.15, 0.2) is 0 Å². The molecule has 2 saturated heterocycles. The van der Waals surface area contributed by atoms with E-state index in [4.69, 9.17) is 9.47 Å². The van der Waals surface area contributed by atoms with Crippen LogP contribution in [0, 0.1) is 0 Å². The first kappa shape index (κ1) is 32.9. The molecule has 2 fully saturated rings. The summed E-state index contributed by atoms with van der Waals surface area (Å²) in [6.45, 7) is 5.73. The molecule has 2 unspecified atom stereocenters. The van der Waals surface area contributed by atoms with E-state index in [0.29, 0.717) is 35.3 Å². The summed E-state index contributed by atoms with van der Waals surface area (Å²) >= 11 is 3.12. The van der Waals surface area contributed by atoms with Gasteiger partial charge in [0.25, 0.3) is 0 Å². The molecule has 4 aromatic carbocycles. The number of halogens is 3. The largest absolute Gasteiger partial charge is 0.494 e. The molecule has 0 N–H and O–H groups in total. The predicted octanol–water partition coefficient (Wildman–Crippen LogP) is 11.9. The Labute approximate surface area is 268 Å². The minimum absolute atomic E-state index is 0.152. The highest BCUT2D eigenvalue weighted by molar-refractivity contribution is 8.00. The number of benzene rings is 4. The fraction of sp³-hybridized carbons (Fsp3) is 0.459. The van der Waals surface area contributed by atoms with E-state index in [1.165, 1.54) is 41.4 Å². The third kappa shape index (κ3) is 7.82. The first-order valence-electron chi connectivity index (χ1n) is 16.0. The van der Waals surface area contributed by atoms with Gasteiger partial charge in [0, 0.05) is 5.25 Å². The lowest BCUT2D eigenvalue weighted by molar-refractivity contribution is -0.162. The Kier molecular flexibility index (Phi) is 11.3. The summed E-state index contributed by atoms with van der Waals surface area (Å²) in [5.74, 6) is 3.58. The first-order valence-corrected chi connectivity index (χ1v) is 18.0. The van der Waals surface area contributed by atoms with Crippen molar-refractivity contribution in [2.75, 3.05) is 24.7 Å². The number of fused-ring (bicyclic) bond motifs is 2. The van der Waals surface area contributed by atoms with Crippen molar-refractivity contribution in [1.82, 2.24) is 0 Å². The van der Waals surface area contributed by atoms with Gasteiger partial charge < -0.3 is 9.47 Å². The average Bonchev–Trinajstić information content (AvgIpc) is 3.75. The van der Waals surface area contributed by atoms with E-state index in [9.17, 15) is 13.2 Å². The van der Waals surface area contributed by atoms with Crippen LogP contribution < -0.4 is 9.47 Å². The van der Waals surface area contributed by atoms with Gasteiger partial charge in [0.05, 0.1) is 13.2 Å². The number of ether oxygens (including phenoxy) is 2. The van der Waals surface area contributed by atoms with Crippen LogP contribution in [0.5, 0.6) is 11.5 Å². The number of hydrogen-bond donors (Lipinski definition) is 0. The molecule has 2 aliphatic heterocycles. The summed E-state index contributed by atoms with van der Waals surface area (Å²) in [5.41, 5.74) is 1.83. The number of thioether (sulfide) groups is 2. The van der Waals surface area contributed by atoms with E-state index in [1.54, 1.807) is 18.2 Å². The van der Waals surface area contributed by atoms with Crippen molar-refractivity contribution in [2.45, 2.75) is 81.4 Å². The van der Waals surface area contributed by atoms with Gasteiger partial charge in [-0.25, -0.2) is 0 Å². The average molecular weight is 641 g/mol. The van der Waals surface area contributed by atoms with Crippen LogP contribution in [-0.4, -0.2) is 30.9 Å². The molecule has 44 heavy (non-hydrogen) atoms. The van der Waals surface area contributed by atoms with Crippen molar-refractivity contribution in [3.8, 4) is 11.5 Å². The van der Waals surface area contributed by atoms with E-state index in [0.717, 1.165) is 54.2 Å². The molecule has 2 aliphatic rings. The Balaban J connectivity index is 0.000000177. The van der Waals surface area contributed by atoms with E-state index in [1.807, 2.05) is 18.2 Å². The Morgan fingerprint density at radius 1 is 0.727 bits per heavy atom. The van der Waals surface area contributed by atoms with Gasteiger partial charge in [-0.2, -0.15) is 24.9 Å². The summed E-state index contributed by atoms with van der Waals surface area (Å²) in [6, 6.07) is 24.1. The normalized spacial score (nSPS) is 20.1. The van der Waals surface area contributed by atoms with Gasteiger partial charge in [0.1, 0.15) is 16.2 Å². The highest BCUT2D eigenvalue weighted by Gasteiger charge is 2.57. The third-order valence-electron chi connectivity index (χ3n) is 8.43. The standard InChI is InChI=1S/C19H21F3OS.C18H22OS/c1-2-3-10-23-17-8-6-14-5-7-16(12-15(14)13-17)18(19(20,21)22)9-4-11-24-18;1-2-3-10-19-17-9-8-14-6-7-15(12-16(14)13-17)18-5-4-11-20-18/h5-8,12-13H,2-4,9-11H2,1H3;6-9,12-13,18H,2-5,10-11H2,1H3. The summed E-state index contributed by atoms with van der Waals surface area (Å²) in [5, 5.41) is 5.05. The molecule has 0 aliphatic carbocycles. The number of unbranched alkanes of at least 4 members (excludes halogenated alkanes) is 2. The fourth-order valence-electron chi connectivity index (χ4n) is 5.86. The molecule has 4 aromatic rings. The zero-order valence-electron chi connectivity index (χ0n) is 25.8. The Bertz CT molecular complexity index is 1510. The van der Waals surface area contributed by atoms with Crippen molar-refractivity contribution >= 4 is 45.1 Å². The lowest BCUT2D eigenvalue weighted by atomic mass is 9.91. The lowest BCUT2D eigenvalue weighted by Gasteiger charge is -2.31. The number of alkyl halides is 3. The van der Waals surface area contributed by atoms with E-state index in [2.05, 4.69) is 62.0 Å². The molecular formula is C37H43F3O2S2. The summed E-state index contributed by atoms with van der Waals surface area (Å²) in [4.78, 5) is 0. The highest BCUT2D eigenvalue weighted by Crippen LogP contribution is 2.57. The number of hydrogen-bond acceptors (Lipinski definition) is 4. The zero-order valence-corrected chi connectivity index (χ0v) is 27.4. The van der Waals surface area contributed by atoms with Gasteiger partial charge in [-0.3, -0.25) is 0 Å². The van der Waals surface area contributed by atoms with Crippen molar-refractivity contribution in [1.29, 1.82) is 0 Å². The van der Waals surface area contributed by atoms with Crippen LogP contribution in [0.2, 0.25) is 0 Å². The zero-order chi connectivity index (χ0) is 31.0. The highest BCUT2D eigenvalue weighted by atomic mass is 32.2. The van der Waals surface area contributed by atoms with Crippen molar-refractivity contribution in [3.63, 3.8) is 0 Å². The second kappa shape index (κ2) is 15.2. The van der Waals surface area contributed by atoms with Crippen LogP contribution in [0.15, 0.2) is 72.8 Å². The maximum absolute atomic E-state index is 13.7. The molecule has 0 radical (unpaired) electrons. The van der Waals surface area contributed by atoms with Crippen LogP contribution in [0.3, 0.4) is 0 Å². The topological polar surface area (TPSA) is 18.5 Å². The van der Waals surface area contributed by atoms with E-state index in [-0.39, 0.29) is 6.42 Å². The Morgan fingerprint density at radius 2 is 1.34 bits per heavy atom. The molecular weight excluding hydrogens is 598 g/mol. The van der Waals surface area contributed by atoms with Crippen LogP contribution >= 0.6 is 23.5 Å². The maximum atomic E-state index is 13.7. The van der Waals surface area contributed by atoms with Crippen LogP contribution in [0.1, 0.15) is 81.6 Å². The summed E-state index contributed by atoms with van der Waals surface area (Å²) in [6.07, 6.45) is 3.50. The summed E-state index contributed by atoms with van der Waals surface area (Å²) in [7, 11) is 0. The van der Waals surface area contributed by atoms with Gasteiger partial charge in [-0.05, 0) is 119 Å². The number of rotatable bonds is 10. The van der Waals surface area contributed by atoms with Gasteiger partial charge in [-0.15, -0.1) is 11.8 Å². The van der Waals surface area contributed by atoms with Gasteiger partial charge >= 0.3 is 6.18 Å². The molecule has 2 heterocycles. The first-order chi connectivity index (χ1) is 21.3. The Hall–Kier alpha value is -2.51. The smallest absolute Gasteiger partial charge is 0.407 e. The summed E-state index contributed by atoms with van der Waals surface area (Å²) < 4.78 is 51.0. The molecule has 6 rings (SSSR count). The monoisotopic (exact) mass is 640 g/mol. The minimum Gasteiger partial charge on any atom is -0.494 e. The van der Waals surface area contributed by atoms with Crippen molar-refractivity contribution in [3.05, 3.63) is 83.9 Å². The van der Waals surface area contributed by atoms with Gasteiger partial charge in [-0.1, -0.05) is 63.1 Å². The molecule has 0 aromatic heterocycles. The molecule has 0 spiro atoms. The SMILES string of the molecule is CCCCOc1ccc2ccc(C3(C(F)(F)F)CCCS3)cc2c1.CCCCOc1ccc2ccc(C3CCCS3)cc2c1. The quantitative estimate of drug-likeness (QED) is 0.161. The maximum Gasteiger partial charge on any atom is 0.407 e. The van der Waals surface area contributed by atoms with Crippen LogP contribution in [0.4, 0.5) is 13.2 Å². The second-order valence-corrected chi connectivity index (χ2v) is 14.4.